The molecule has 2 aromatic carbocycles. The van der Waals surface area contributed by atoms with Crippen LogP contribution >= 0.6 is 0 Å². The number of rotatable bonds is 7. The van der Waals surface area contributed by atoms with Crippen LogP contribution in [0.2, 0.25) is 0 Å². The quantitative estimate of drug-likeness (QED) is 0.375. The van der Waals surface area contributed by atoms with Gasteiger partial charge in [-0.05, 0) is 35.9 Å². The van der Waals surface area contributed by atoms with Crippen molar-refractivity contribution in [1.29, 1.82) is 0 Å². The first kappa shape index (κ1) is 23.8. The zero-order valence-electron chi connectivity index (χ0n) is 19.0. The standard InChI is InChI=1S/C24H26N4O5S/c1-33-24-21(16-19-5-3-4-6-22(19)25-24)9-8-20-15-18(7-10-23(20)28(29)30)17-26-11-13-27(14-12-26)34(2,31)32/h3-10,15-16H,11-14,17H2,1-2H3/b9-8+. The number of fused-ring (bicyclic) bond motifs is 1. The Morgan fingerprint density at radius 1 is 1.06 bits per heavy atom. The van der Waals surface area contributed by atoms with Crippen LogP contribution in [0.5, 0.6) is 5.88 Å². The van der Waals surface area contributed by atoms with Gasteiger partial charge in [-0.25, -0.2) is 13.4 Å². The molecule has 1 saturated heterocycles. The second-order valence-electron chi connectivity index (χ2n) is 8.20. The molecule has 2 heterocycles. The highest BCUT2D eigenvalue weighted by Gasteiger charge is 2.23. The van der Waals surface area contributed by atoms with Gasteiger partial charge in [0.25, 0.3) is 5.69 Å². The number of aromatic nitrogens is 1. The number of nitro benzene ring substituents is 1. The van der Waals surface area contributed by atoms with Gasteiger partial charge in [-0.15, -0.1) is 0 Å². The van der Waals surface area contributed by atoms with Gasteiger partial charge in [0.1, 0.15) is 0 Å². The average Bonchev–Trinajstić information content (AvgIpc) is 2.81. The lowest BCUT2D eigenvalue weighted by Gasteiger charge is -2.33. The molecule has 0 spiro atoms. The van der Waals surface area contributed by atoms with Crippen LogP contribution in [0, 0.1) is 10.1 Å². The summed E-state index contributed by atoms with van der Waals surface area (Å²) < 4.78 is 30.4. The van der Waals surface area contributed by atoms with E-state index < -0.39 is 14.9 Å². The van der Waals surface area contributed by atoms with Crippen molar-refractivity contribution in [2.24, 2.45) is 0 Å². The Bertz CT molecular complexity index is 1350. The highest BCUT2D eigenvalue weighted by Crippen LogP contribution is 2.27. The molecule has 4 rings (SSSR count). The van der Waals surface area contributed by atoms with Gasteiger partial charge in [0.15, 0.2) is 0 Å². The number of benzene rings is 2. The molecule has 1 fully saturated rings. The summed E-state index contributed by atoms with van der Waals surface area (Å²) in [5.41, 5.74) is 2.93. The highest BCUT2D eigenvalue weighted by molar-refractivity contribution is 7.88. The smallest absolute Gasteiger partial charge is 0.276 e. The largest absolute Gasteiger partial charge is 0.481 e. The fraction of sp³-hybridized carbons (Fsp3) is 0.292. The predicted molar refractivity (Wildman–Crippen MR) is 132 cm³/mol. The summed E-state index contributed by atoms with van der Waals surface area (Å²) in [4.78, 5) is 17.9. The van der Waals surface area contributed by atoms with Crippen molar-refractivity contribution >= 4 is 38.8 Å². The predicted octanol–water partition coefficient (Wildman–Crippen LogP) is 3.40. The van der Waals surface area contributed by atoms with Gasteiger partial charge < -0.3 is 4.74 Å². The second-order valence-corrected chi connectivity index (χ2v) is 10.2. The molecule has 34 heavy (non-hydrogen) atoms. The zero-order chi connectivity index (χ0) is 24.3. The van der Waals surface area contributed by atoms with Crippen LogP contribution in [0.1, 0.15) is 16.7 Å². The summed E-state index contributed by atoms with van der Waals surface area (Å²) in [7, 11) is -1.65. The van der Waals surface area contributed by atoms with Crippen molar-refractivity contribution in [2.45, 2.75) is 6.54 Å². The maximum Gasteiger partial charge on any atom is 0.276 e. The molecule has 0 N–H and O–H groups in total. The molecule has 1 aromatic heterocycles. The molecular formula is C24H26N4O5S. The minimum Gasteiger partial charge on any atom is -0.481 e. The van der Waals surface area contributed by atoms with Crippen LogP contribution in [0.25, 0.3) is 23.1 Å². The molecule has 0 saturated carbocycles. The van der Waals surface area contributed by atoms with Gasteiger partial charge in [0.05, 0.1) is 29.4 Å². The summed E-state index contributed by atoms with van der Waals surface area (Å²) >= 11 is 0. The zero-order valence-corrected chi connectivity index (χ0v) is 19.9. The molecule has 1 aliphatic rings. The lowest BCUT2D eigenvalue weighted by atomic mass is 10.1. The van der Waals surface area contributed by atoms with E-state index in [9.17, 15) is 18.5 Å². The molecule has 0 aliphatic carbocycles. The van der Waals surface area contributed by atoms with Crippen LogP contribution in [0.15, 0.2) is 48.5 Å². The van der Waals surface area contributed by atoms with Crippen molar-refractivity contribution in [1.82, 2.24) is 14.2 Å². The topological polar surface area (TPSA) is 106 Å². The van der Waals surface area contributed by atoms with Gasteiger partial charge in [0.2, 0.25) is 15.9 Å². The summed E-state index contributed by atoms with van der Waals surface area (Å²) in [5, 5.41) is 12.6. The van der Waals surface area contributed by atoms with E-state index in [1.54, 1.807) is 31.4 Å². The Hall–Kier alpha value is -3.34. The van der Waals surface area contributed by atoms with Crippen LogP contribution in [0.3, 0.4) is 0 Å². The monoisotopic (exact) mass is 482 g/mol. The van der Waals surface area contributed by atoms with Crippen molar-refractivity contribution < 1.29 is 18.1 Å². The van der Waals surface area contributed by atoms with Crippen molar-refractivity contribution in [2.75, 3.05) is 39.5 Å². The molecule has 0 bridgehead atoms. The molecule has 0 amide bonds. The first-order valence-corrected chi connectivity index (χ1v) is 12.7. The van der Waals surface area contributed by atoms with Gasteiger partial charge >= 0.3 is 0 Å². The van der Waals surface area contributed by atoms with Gasteiger partial charge in [-0.1, -0.05) is 24.3 Å². The second kappa shape index (κ2) is 9.88. The summed E-state index contributed by atoms with van der Waals surface area (Å²) in [5.74, 6) is 0.442. The molecule has 0 unspecified atom stereocenters. The Kier molecular flexibility index (Phi) is 6.92. The number of pyridine rings is 1. The Balaban J connectivity index is 1.58. The normalized spacial score (nSPS) is 15.7. The first-order valence-electron chi connectivity index (χ1n) is 10.8. The van der Waals surface area contributed by atoms with E-state index in [0.717, 1.165) is 22.0 Å². The number of sulfonamides is 1. The van der Waals surface area contributed by atoms with Crippen LogP contribution in [-0.4, -0.2) is 67.1 Å². The number of para-hydroxylation sites is 1. The number of nitrogens with zero attached hydrogens (tertiary/aromatic N) is 4. The Morgan fingerprint density at radius 2 is 1.76 bits per heavy atom. The van der Waals surface area contributed by atoms with E-state index in [2.05, 4.69) is 9.88 Å². The summed E-state index contributed by atoms with van der Waals surface area (Å²) in [6.45, 7) is 2.67. The van der Waals surface area contributed by atoms with Crippen molar-refractivity contribution in [3.8, 4) is 5.88 Å². The third-order valence-corrected chi connectivity index (χ3v) is 7.15. The molecule has 0 radical (unpaired) electrons. The van der Waals surface area contributed by atoms with Gasteiger partial charge in [-0.2, -0.15) is 4.31 Å². The molecule has 178 valence electrons. The van der Waals surface area contributed by atoms with E-state index in [0.29, 0.717) is 44.2 Å². The van der Waals surface area contributed by atoms with Crippen molar-refractivity contribution in [3.63, 3.8) is 0 Å². The van der Waals surface area contributed by atoms with Gasteiger partial charge in [-0.3, -0.25) is 15.0 Å². The minimum absolute atomic E-state index is 0.00890. The number of hydrogen-bond acceptors (Lipinski definition) is 7. The lowest BCUT2D eigenvalue weighted by molar-refractivity contribution is -0.385. The van der Waals surface area contributed by atoms with Gasteiger partial charge in [0, 0.05) is 49.7 Å². The highest BCUT2D eigenvalue weighted by atomic mass is 32.2. The molecular weight excluding hydrogens is 456 g/mol. The molecule has 3 aromatic rings. The Morgan fingerprint density at radius 3 is 2.44 bits per heavy atom. The number of piperazine rings is 1. The van der Waals surface area contributed by atoms with E-state index in [1.165, 1.54) is 16.6 Å². The summed E-state index contributed by atoms with van der Waals surface area (Å²) in [6.07, 6.45) is 4.70. The first-order chi connectivity index (χ1) is 16.2. The maximum atomic E-state index is 11.7. The number of ether oxygens (including phenoxy) is 1. The number of hydrogen-bond donors (Lipinski definition) is 0. The fourth-order valence-electron chi connectivity index (χ4n) is 4.06. The lowest BCUT2D eigenvalue weighted by Crippen LogP contribution is -2.47. The molecule has 10 heteroatoms. The average molecular weight is 483 g/mol. The fourth-order valence-corrected chi connectivity index (χ4v) is 4.88. The van der Waals surface area contributed by atoms with Crippen LogP contribution < -0.4 is 4.74 Å². The molecule has 1 aliphatic heterocycles. The SMILES string of the molecule is COc1nc2ccccc2cc1/C=C/c1cc(CN2CCN(S(C)(=O)=O)CC2)ccc1[N+](=O)[O-]. The molecule has 0 atom stereocenters. The third-order valence-electron chi connectivity index (χ3n) is 5.85. The minimum atomic E-state index is -3.19. The van der Waals surface area contributed by atoms with Crippen LogP contribution in [-0.2, 0) is 16.6 Å². The molecule has 9 nitrogen and oxygen atoms in total. The van der Waals surface area contributed by atoms with E-state index in [4.69, 9.17) is 4.74 Å². The van der Waals surface area contributed by atoms with Crippen molar-refractivity contribution in [3.05, 3.63) is 75.3 Å². The third kappa shape index (κ3) is 5.41. The summed E-state index contributed by atoms with van der Waals surface area (Å²) in [6, 6.07) is 14.7. The van der Waals surface area contributed by atoms with Crippen LogP contribution in [0.4, 0.5) is 5.69 Å². The van der Waals surface area contributed by atoms with E-state index >= 15 is 0 Å². The van der Waals surface area contributed by atoms with E-state index in [-0.39, 0.29) is 5.69 Å². The number of nitro groups is 1. The van der Waals surface area contributed by atoms with E-state index in [1.807, 2.05) is 30.3 Å². The Labute approximate surface area is 198 Å². The number of methoxy groups -OCH3 is 1. The maximum absolute atomic E-state index is 11.7.